The molecule has 3 heteroatoms. The molecule has 3 nitrogen and oxygen atoms in total. The molecule has 82 valence electrons. The minimum atomic E-state index is -0.506. The quantitative estimate of drug-likeness (QED) is 0.693. The fourth-order valence-corrected chi connectivity index (χ4v) is 2.27. The summed E-state index contributed by atoms with van der Waals surface area (Å²) in [6.45, 7) is 4.08. The largest absolute Gasteiger partial charge is 0.357 e. The number of H-pyrrole nitrogens is 1. The second-order valence-corrected chi connectivity index (χ2v) is 4.70. The molecule has 2 heterocycles. The molecule has 0 bridgehead atoms. The van der Waals surface area contributed by atoms with Gasteiger partial charge >= 0.3 is 0 Å². The summed E-state index contributed by atoms with van der Waals surface area (Å²) in [6, 6.07) is 8.28. The monoisotopic (exact) mass is 213 g/mol. The van der Waals surface area contributed by atoms with E-state index in [0.29, 0.717) is 0 Å². The summed E-state index contributed by atoms with van der Waals surface area (Å²) < 4.78 is 0. The molecule has 0 spiro atoms. The van der Waals surface area contributed by atoms with Gasteiger partial charge in [-0.25, -0.2) is 0 Å². The number of hydrogen-bond acceptors (Lipinski definition) is 2. The van der Waals surface area contributed by atoms with Crippen molar-refractivity contribution in [1.29, 1.82) is 0 Å². The molecule has 3 rings (SSSR count). The average molecular weight is 213 g/mol. The first-order valence-electron chi connectivity index (χ1n) is 5.54. The summed E-state index contributed by atoms with van der Waals surface area (Å²) in [5.74, 6) is 0.208. The van der Waals surface area contributed by atoms with Crippen LogP contribution in [-0.4, -0.2) is 16.9 Å². The Kier molecular flexibility index (Phi) is 1.77. The van der Waals surface area contributed by atoms with Gasteiger partial charge in [0.25, 0.3) is 0 Å². The summed E-state index contributed by atoms with van der Waals surface area (Å²) in [5.41, 5.74) is 9.17. The molecule has 16 heavy (non-hydrogen) atoms. The fraction of sp³-hybridized carbons (Fsp3) is 0.308. The van der Waals surface area contributed by atoms with Gasteiger partial charge in [-0.1, -0.05) is 25.1 Å². The second kappa shape index (κ2) is 2.95. The van der Waals surface area contributed by atoms with E-state index in [1.165, 1.54) is 16.6 Å². The molecule has 1 aliphatic heterocycles. The predicted molar refractivity (Wildman–Crippen MR) is 66.9 cm³/mol. The van der Waals surface area contributed by atoms with Crippen molar-refractivity contribution in [1.82, 2.24) is 4.98 Å². The number of fused-ring (bicyclic) bond motifs is 3. The molecule has 2 aromatic rings. The highest BCUT2D eigenvalue weighted by Crippen LogP contribution is 2.35. The Morgan fingerprint density at radius 3 is 2.94 bits per heavy atom. The van der Waals surface area contributed by atoms with Crippen LogP contribution in [0.15, 0.2) is 29.3 Å². The van der Waals surface area contributed by atoms with Crippen molar-refractivity contribution in [2.75, 3.05) is 0 Å². The van der Waals surface area contributed by atoms with E-state index < -0.39 is 5.66 Å². The number of nitrogens with two attached hydrogens (primary N) is 1. The van der Waals surface area contributed by atoms with E-state index in [2.05, 4.69) is 29.0 Å². The number of aliphatic imine (C=N–C) groups is 1. The number of nitrogens with one attached hydrogen (secondary N) is 1. The van der Waals surface area contributed by atoms with Gasteiger partial charge in [-0.2, -0.15) is 0 Å². The Balaban J connectivity index is 2.32. The fourth-order valence-electron chi connectivity index (χ4n) is 2.27. The van der Waals surface area contributed by atoms with Crippen molar-refractivity contribution in [2.45, 2.75) is 25.4 Å². The van der Waals surface area contributed by atoms with Crippen molar-refractivity contribution in [3.63, 3.8) is 0 Å². The van der Waals surface area contributed by atoms with Crippen LogP contribution in [-0.2, 0) is 0 Å². The molecule has 0 saturated heterocycles. The highest BCUT2D eigenvalue weighted by Gasteiger charge is 2.33. The maximum Gasteiger partial charge on any atom is 0.113 e. The normalized spacial score (nSPS) is 28.3. The SMILES string of the molecule is CC1c2[nH]c3ccccc3c2C=NC1(C)N. The van der Waals surface area contributed by atoms with E-state index in [4.69, 9.17) is 5.73 Å². The molecule has 0 saturated carbocycles. The molecule has 1 aromatic carbocycles. The standard InChI is InChI=1S/C13H15N3/c1-8-12-10(7-15-13(8,2)14)9-5-3-4-6-11(9)16-12/h3-8,16H,14H2,1-2H3. The lowest BCUT2D eigenvalue weighted by molar-refractivity contribution is 0.405. The summed E-state index contributed by atoms with van der Waals surface area (Å²) in [6.07, 6.45) is 1.90. The number of hydrogen-bond donors (Lipinski definition) is 2. The molecule has 0 amide bonds. The van der Waals surface area contributed by atoms with Gasteiger partial charge in [-0.15, -0.1) is 0 Å². The zero-order chi connectivity index (χ0) is 11.3. The number of para-hydroxylation sites is 1. The van der Waals surface area contributed by atoms with Crippen LogP contribution in [0.2, 0.25) is 0 Å². The molecule has 0 fully saturated rings. The Labute approximate surface area is 94.4 Å². The van der Waals surface area contributed by atoms with E-state index in [-0.39, 0.29) is 5.92 Å². The van der Waals surface area contributed by atoms with E-state index in [0.717, 1.165) is 5.52 Å². The highest BCUT2D eigenvalue weighted by atomic mass is 15.0. The first kappa shape index (κ1) is 9.60. The zero-order valence-corrected chi connectivity index (χ0v) is 9.49. The van der Waals surface area contributed by atoms with Crippen LogP contribution in [0.1, 0.15) is 31.0 Å². The predicted octanol–water partition coefficient (Wildman–Crippen LogP) is 2.38. The van der Waals surface area contributed by atoms with Crippen molar-refractivity contribution >= 4 is 17.1 Å². The molecule has 0 aliphatic carbocycles. The number of nitrogens with zero attached hydrogens (tertiary/aromatic N) is 1. The molecule has 0 radical (unpaired) electrons. The lowest BCUT2D eigenvalue weighted by Gasteiger charge is -2.30. The van der Waals surface area contributed by atoms with Crippen LogP contribution in [0, 0.1) is 0 Å². The highest BCUT2D eigenvalue weighted by molar-refractivity contribution is 6.01. The van der Waals surface area contributed by atoms with Crippen LogP contribution >= 0.6 is 0 Å². The number of rotatable bonds is 0. The van der Waals surface area contributed by atoms with Crippen molar-refractivity contribution < 1.29 is 0 Å². The minimum Gasteiger partial charge on any atom is -0.357 e. The summed E-state index contributed by atoms with van der Waals surface area (Å²) in [5, 5.41) is 1.23. The van der Waals surface area contributed by atoms with Gasteiger partial charge in [0.05, 0.1) is 0 Å². The third kappa shape index (κ3) is 1.15. The van der Waals surface area contributed by atoms with Gasteiger partial charge in [-0.05, 0) is 13.0 Å². The number of benzene rings is 1. The molecular weight excluding hydrogens is 198 g/mol. The van der Waals surface area contributed by atoms with Crippen LogP contribution in [0.5, 0.6) is 0 Å². The number of aromatic nitrogens is 1. The first-order chi connectivity index (χ1) is 7.59. The first-order valence-corrected chi connectivity index (χ1v) is 5.54. The minimum absolute atomic E-state index is 0.208. The zero-order valence-electron chi connectivity index (χ0n) is 9.49. The van der Waals surface area contributed by atoms with Gasteiger partial charge in [0.1, 0.15) is 5.66 Å². The van der Waals surface area contributed by atoms with Crippen molar-refractivity contribution in [3.05, 3.63) is 35.5 Å². The van der Waals surface area contributed by atoms with E-state index in [9.17, 15) is 0 Å². The molecular formula is C13H15N3. The maximum absolute atomic E-state index is 6.14. The van der Waals surface area contributed by atoms with Gasteiger partial charge in [0, 0.05) is 34.3 Å². The molecule has 2 unspecified atom stereocenters. The van der Waals surface area contributed by atoms with E-state index in [1.807, 2.05) is 25.3 Å². The van der Waals surface area contributed by atoms with Gasteiger partial charge in [0.15, 0.2) is 0 Å². The van der Waals surface area contributed by atoms with Crippen molar-refractivity contribution in [2.24, 2.45) is 10.7 Å². The Morgan fingerprint density at radius 1 is 1.38 bits per heavy atom. The van der Waals surface area contributed by atoms with E-state index >= 15 is 0 Å². The smallest absolute Gasteiger partial charge is 0.113 e. The van der Waals surface area contributed by atoms with Crippen LogP contribution in [0.25, 0.3) is 10.9 Å². The van der Waals surface area contributed by atoms with Gasteiger partial charge in [0.2, 0.25) is 0 Å². The topological polar surface area (TPSA) is 54.2 Å². The van der Waals surface area contributed by atoms with Crippen molar-refractivity contribution in [3.8, 4) is 0 Å². The van der Waals surface area contributed by atoms with Crippen LogP contribution < -0.4 is 5.73 Å². The molecule has 1 aromatic heterocycles. The third-order valence-electron chi connectivity index (χ3n) is 3.56. The van der Waals surface area contributed by atoms with E-state index in [1.54, 1.807) is 0 Å². The Morgan fingerprint density at radius 2 is 2.12 bits per heavy atom. The van der Waals surface area contributed by atoms with Gasteiger partial charge < -0.3 is 10.7 Å². The summed E-state index contributed by atoms with van der Waals surface area (Å²) in [4.78, 5) is 7.89. The Bertz CT molecular complexity index is 578. The third-order valence-corrected chi connectivity index (χ3v) is 3.56. The summed E-state index contributed by atoms with van der Waals surface area (Å²) in [7, 11) is 0. The van der Waals surface area contributed by atoms with Gasteiger partial charge in [-0.3, -0.25) is 4.99 Å². The second-order valence-electron chi connectivity index (χ2n) is 4.70. The molecule has 1 aliphatic rings. The summed E-state index contributed by atoms with van der Waals surface area (Å²) >= 11 is 0. The number of aromatic amines is 1. The lowest BCUT2D eigenvalue weighted by Crippen LogP contribution is -2.41. The molecule has 2 atom stereocenters. The van der Waals surface area contributed by atoms with Crippen LogP contribution in [0.3, 0.4) is 0 Å². The lowest BCUT2D eigenvalue weighted by atomic mass is 9.89. The molecule has 3 N–H and O–H groups in total. The maximum atomic E-state index is 6.14. The Hall–Kier alpha value is -1.61. The van der Waals surface area contributed by atoms with Crippen LogP contribution in [0.4, 0.5) is 0 Å². The average Bonchev–Trinajstić information content (AvgIpc) is 2.63.